The van der Waals surface area contributed by atoms with Crippen LogP contribution in [0.4, 0.5) is 0 Å². The first kappa shape index (κ1) is 13.8. The second-order valence-corrected chi connectivity index (χ2v) is 6.42. The molecule has 1 aliphatic heterocycles. The number of ether oxygens (including phenoxy) is 1. The largest absolute Gasteiger partial charge is 0.370 e. The normalized spacial score (nSPS) is 23.9. The maximum absolute atomic E-state index is 6.42. The van der Waals surface area contributed by atoms with Gasteiger partial charge in [0.05, 0.1) is 18.2 Å². The van der Waals surface area contributed by atoms with Crippen molar-refractivity contribution in [3.63, 3.8) is 0 Å². The van der Waals surface area contributed by atoms with Crippen molar-refractivity contribution in [3.05, 3.63) is 24.4 Å². The molecule has 2 aromatic rings. The Balaban J connectivity index is 1.48. The third kappa shape index (κ3) is 2.63. The van der Waals surface area contributed by atoms with E-state index in [2.05, 4.69) is 20.5 Å². The van der Waals surface area contributed by atoms with Crippen LogP contribution in [0.15, 0.2) is 24.4 Å². The first-order chi connectivity index (χ1) is 10.8. The van der Waals surface area contributed by atoms with Crippen LogP contribution in [0.1, 0.15) is 44.9 Å². The first-order valence-corrected chi connectivity index (χ1v) is 8.20. The van der Waals surface area contributed by atoms with E-state index in [1.807, 2.05) is 22.9 Å². The van der Waals surface area contributed by atoms with E-state index in [9.17, 15) is 0 Å². The summed E-state index contributed by atoms with van der Waals surface area (Å²) in [7, 11) is 0. The van der Waals surface area contributed by atoms with E-state index < -0.39 is 0 Å². The van der Waals surface area contributed by atoms with Crippen molar-refractivity contribution in [3.8, 4) is 11.5 Å². The Bertz CT molecular complexity index is 620. The maximum Gasteiger partial charge on any atom is 0.200 e. The molecule has 22 heavy (non-hydrogen) atoms. The maximum atomic E-state index is 6.42. The Labute approximate surface area is 129 Å². The summed E-state index contributed by atoms with van der Waals surface area (Å²) in [6.07, 6.45) is 10.6. The average Bonchev–Trinajstić information content (AvgIpc) is 3.17. The average molecular weight is 299 g/mol. The van der Waals surface area contributed by atoms with Crippen molar-refractivity contribution in [2.24, 2.45) is 0 Å². The molecule has 6 nitrogen and oxygen atoms in total. The smallest absolute Gasteiger partial charge is 0.200 e. The Morgan fingerprint density at radius 2 is 2.09 bits per heavy atom. The minimum atomic E-state index is 0.141. The number of hydrogen-bond acceptors (Lipinski definition) is 5. The number of aromatic nitrogens is 5. The number of tetrazole rings is 1. The molecule has 0 N–H and O–H groups in total. The molecule has 0 unspecified atom stereocenters. The van der Waals surface area contributed by atoms with Crippen molar-refractivity contribution in [2.45, 2.75) is 63.2 Å². The van der Waals surface area contributed by atoms with Crippen LogP contribution < -0.4 is 0 Å². The highest BCUT2D eigenvalue weighted by atomic mass is 16.5. The highest BCUT2D eigenvalue weighted by Gasteiger charge is 2.41. The van der Waals surface area contributed by atoms with Gasteiger partial charge in [-0.05, 0) is 48.2 Å². The zero-order valence-corrected chi connectivity index (χ0v) is 12.7. The third-order valence-corrected chi connectivity index (χ3v) is 4.91. The first-order valence-electron chi connectivity index (χ1n) is 8.20. The van der Waals surface area contributed by atoms with Crippen LogP contribution in [0.3, 0.4) is 0 Å². The minimum Gasteiger partial charge on any atom is -0.370 e. The van der Waals surface area contributed by atoms with Gasteiger partial charge in [-0.3, -0.25) is 4.98 Å². The van der Waals surface area contributed by atoms with Crippen LogP contribution in [-0.4, -0.2) is 36.9 Å². The summed E-state index contributed by atoms with van der Waals surface area (Å²) in [6, 6.07) is 5.77. The van der Waals surface area contributed by atoms with Gasteiger partial charge in [-0.1, -0.05) is 25.3 Å². The second kappa shape index (κ2) is 5.76. The fourth-order valence-electron chi connectivity index (χ4n) is 3.79. The Kier molecular flexibility index (Phi) is 3.62. The highest BCUT2D eigenvalue weighted by molar-refractivity contribution is 5.47. The van der Waals surface area contributed by atoms with E-state index in [1.165, 1.54) is 38.5 Å². The molecular formula is C16H21N5O. The topological polar surface area (TPSA) is 65.7 Å². The zero-order valence-electron chi connectivity index (χ0n) is 12.7. The summed E-state index contributed by atoms with van der Waals surface area (Å²) < 4.78 is 8.25. The molecule has 1 spiro atoms. The highest BCUT2D eigenvalue weighted by Crippen LogP contribution is 2.42. The molecule has 3 heterocycles. The van der Waals surface area contributed by atoms with E-state index in [-0.39, 0.29) is 11.7 Å². The van der Waals surface area contributed by atoms with Crippen molar-refractivity contribution >= 4 is 0 Å². The van der Waals surface area contributed by atoms with Gasteiger partial charge < -0.3 is 4.74 Å². The van der Waals surface area contributed by atoms with E-state index in [4.69, 9.17) is 4.74 Å². The summed E-state index contributed by atoms with van der Waals surface area (Å²) >= 11 is 0. The van der Waals surface area contributed by atoms with E-state index in [1.54, 1.807) is 6.20 Å². The van der Waals surface area contributed by atoms with E-state index in [0.717, 1.165) is 12.1 Å². The van der Waals surface area contributed by atoms with Gasteiger partial charge in [0, 0.05) is 6.20 Å². The molecule has 1 saturated carbocycles. The molecule has 4 rings (SSSR count). The molecular weight excluding hydrogens is 278 g/mol. The second-order valence-electron chi connectivity index (χ2n) is 6.42. The van der Waals surface area contributed by atoms with Gasteiger partial charge >= 0.3 is 0 Å². The van der Waals surface area contributed by atoms with E-state index in [0.29, 0.717) is 12.4 Å². The lowest BCUT2D eigenvalue weighted by Crippen LogP contribution is -2.32. The fourth-order valence-corrected chi connectivity index (χ4v) is 3.79. The van der Waals surface area contributed by atoms with Crippen molar-refractivity contribution in [1.29, 1.82) is 0 Å². The number of nitrogens with zero attached hydrogens (tertiary/aromatic N) is 5. The van der Waals surface area contributed by atoms with Crippen LogP contribution in [0.2, 0.25) is 0 Å². The molecule has 1 atom stereocenters. The summed E-state index contributed by atoms with van der Waals surface area (Å²) in [4.78, 5) is 4.34. The minimum absolute atomic E-state index is 0.141. The van der Waals surface area contributed by atoms with Crippen molar-refractivity contribution in [2.75, 3.05) is 0 Å². The summed E-state index contributed by atoms with van der Waals surface area (Å²) in [5, 5.41) is 12.1. The quantitative estimate of drug-likeness (QED) is 0.871. The molecule has 116 valence electrons. The molecule has 1 aliphatic carbocycles. The van der Waals surface area contributed by atoms with Gasteiger partial charge in [0.2, 0.25) is 5.82 Å². The summed E-state index contributed by atoms with van der Waals surface area (Å²) in [6.45, 7) is 0.709. The molecule has 0 aromatic carbocycles. The molecule has 0 bridgehead atoms. The van der Waals surface area contributed by atoms with Gasteiger partial charge in [0.25, 0.3) is 0 Å². The Hall–Kier alpha value is -1.82. The van der Waals surface area contributed by atoms with E-state index >= 15 is 0 Å². The number of hydrogen-bond donors (Lipinski definition) is 0. The lowest BCUT2D eigenvalue weighted by atomic mass is 9.83. The molecule has 2 aliphatic rings. The predicted octanol–water partition coefficient (Wildman–Crippen LogP) is 2.62. The Morgan fingerprint density at radius 3 is 2.91 bits per heavy atom. The van der Waals surface area contributed by atoms with Crippen LogP contribution in [0.5, 0.6) is 0 Å². The van der Waals surface area contributed by atoms with Gasteiger partial charge in [-0.25, -0.2) is 4.68 Å². The molecule has 6 heteroatoms. The Morgan fingerprint density at radius 1 is 1.18 bits per heavy atom. The lowest BCUT2D eigenvalue weighted by Gasteiger charge is -2.33. The summed E-state index contributed by atoms with van der Waals surface area (Å²) in [5.41, 5.74) is 0.945. The van der Waals surface area contributed by atoms with Crippen LogP contribution >= 0.6 is 0 Å². The van der Waals surface area contributed by atoms with Crippen LogP contribution in [0.25, 0.3) is 11.5 Å². The molecule has 2 aromatic heterocycles. The van der Waals surface area contributed by atoms with Crippen LogP contribution in [-0.2, 0) is 11.3 Å². The predicted molar refractivity (Wildman–Crippen MR) is 81.0 cm³/mol. The number of rotatable bonds is 3. The molecule has 0 radical (unpaired) electrons. The third-order valence-electron chi connectivity index (χ3n) is 4.91. The standard InChI is InChI=1S/C16H21N5O/c1-3-8-16(9-4-1)10-7-13(22-16)12-21-15(18-19-20-21)14-6-2-5-11-17-14/h2,5-6,11,13H,1,3-4,7-10,12H2/t13-/m1/s1. The van der Waals surface area contributed by atoms with Crippen LogP contribution in [0, 0.1) is 0 Å². The fraction of sp³-hybridized carbons (Fsp3) is 0.625. The summed E-state index contributed by atoms with van der Waals surface area (Å²) in [5.74, 6) is 0.716. The van der Waals surface area contributed by atoms with Crippen molar-refractivity contribution in [1.82, 2.24) is 25.2 Å². The monoisotopic (exact) mass is 299 g/mol. The molecule has 1 saturated heterocycles. The number of pyridine rings is 1. The SMILES string of the molecule is c1ccc(-c2nnnn2C[C@H]2CCC3(CCCCC3)O2)nc1. The van der Waals surface area contributed by atoms with Gasteiger partial charge in [0.1, 0.15) is 5.69 Å². The molecule has 2 fully saturated rings. The van der Waals surface area contributed by atoms with Gasteiger partial charge in [-0.2, -0.15) is 0 Å². The van der Waals surface area contributed by atoms with Gasteiger partial charge in [-0.15, -0.1) is 5.10 Å². The lowest BCUT2D eigenvalue weighted by molar-refractivity contribution is -0.0688. The zero-order chi connectivity index (χ0) is 14.8. The van der Waals surface area contributed by atoms with Gasteiger partial charge in [0.15, 0.2) is 0 Å². The van der Waals surface area contributed by atoms with Crippen molar-refractivity contribution < 1.29 is 4.74 Å². The molecule has 0 amide bonds.